The number of amides is 1. The van der Waals surface area contributed by atoms with Gasteiger partial charge in [0.05, 0.1) is 0 Å². The minimum absolute atomic E-state index is 0.0394. The standard InChI is InChI=1S/C19H22N6O2/c1-12-21-19-20-9-16(18(27)25(19)22-12)17(26)24(3)11-15-8-13-6-4-5-7-14(13)10-23(15)2/h4-7,9,15H,8,10-11H2,1-3H3,(H,20,21,22). The summed E-state index contributed by atoms with van der Waals surface area (Å²) >= 11 is 0. The van der Waals surface area contributed by atoms with Crippen molar-refractivity contribution < 1.29 is 4.79 Å². The highest BCUT2D eigenvalue weighted by molar-refractivity contribution is 5.93. The summed E-state index contributed by atoms with van der Waals surface area (Å²) in [6.45, 7) is 3.12. The van der Waals surface area contributed by atoms with Crippen molar-refractivity contribution in [2.75, 3.05) is 20.6 Å². The van der Waals surface area contributed by atoms with Crippen molar-refractivity contribution in [2.45, 2.75) is 25.9 Å². The Morgan fingerprint density at radius 3 is 2.85 bits per heavy atom. The topological polar surface area (TPSA) is 86.6 Å². The Hall–Kier alpha value is -3.00. The third-order valence-electron chi connectivity index (χ3n) is 5.16. The zero-order valence-corrected chi connectivity index (χ0v) is 15.6. The highest BCUT2D eigenvalue weighted by Gasteiger charge is 2.27. The second kappa shape index (κ2) is 6.62. The van der Waals surface area contributed by atoms with Crippen LogP contribution >= 0.6 is 0 Å². The number of hydrogen-bond acceptors (Lipinski definition) is 5. The van der Waals surface area contributed by atoms with Crippen LogP contribution in [0.25, 0.3) is 5.78 Å². The average molecular weight is 366 g/mol. The van der Waals surface area contributed by atoms with Gasteiger partial charge >= 0.3 is 0 Å². The van der Waals surface area contributed by atoms with E-state index in [1.165, 1.54) is 21.8 Å². The molecular weight excluding hydrogens is 344 g/mol. The molecule has 1 aliphatic heterocycles. The molecule has 1 atom stereocenters. The lowest BCUT2D eigenvalue weighted by Crippen LogP contribution is -2.47. The predicted molar refractivity (Wildman–Crippen MR) is 101 cm³/mol. The van der Waals surface area contributed by atoms with E-state index in [9.17, 15) is 9.59 Å². The van der Waals surface area contributed by atoms with E-state index in [2.05, 4.69) is 45.2 Å². The van der Waals surface area contributed by atoms with E-state index < -0.39 is 5.56 Å². The van der Waals surface area contributed by atoms with E-state index in [-0.39, 0.29) is 23.3 Å². The number of aromatic amines is 1. The second-order valence-corrected chi connectivity index (χ2v) is 7.15. The molecule has 3 aromatic rings. The Labute approximate surface area is 156 Å². The maximum Gasteiger partial charge on any atom is 0.286 e. The molecule has 2 aromatic heterocycles. The van der Waals surface area contributed by atoms with Crippen molar-refractivity contribution >= 4 is 11.7 Å². The smallest absolute Gasteiger partial charge is 0.286 e. The Balaban J connectivity index is 1.55. The molecule has 140 valence electrons. The van der Waals surface area contributed by atoms with E-state index in [1.54, 1.807) is 18.9 Å². The first kappa shape index (κ1) is 17.4. The minimum Gasteiger partial charge on any atom is -0.340 e. The number of carbonyl (C=O) groups is 1. The quantitative estimate of drug-likeness (QED) is 0.743. The number of nitrogens with one attached hydrogen (secondary N) is 1. The number of carbonyl (C=O) groups excluding carboxylic acids is 1. The van der Waals surface area contributed by atoms with E-state index in [0.29, 0.717) is 12.4 Å². The molecule has 0 spiro atoms. The van der Waals surface area contributed by atoms with E-state index in [0.717, 1.165) is 13.0 Å². The second-order valence-electron chi connectivity index (χ2n) is 7.15. The van der Waals surface area contributed by atoms with Crippen LogP contribution in [0.5, 0.6) is 0 Å². The lowest BCUT2D eigenvalue weighted by atomic mass is 9.94. The van der Waals surface area contributed by atoms with E-state index >= 15 is 0 Å². The van der Waals surface area contributed by atoms with E-state index in [1.807, 2.05) is 6.07 Å². The summed E-state index contributed by atoms with van der Waals surface area (Å²) in [6, 6.07) is 8.58. The maximum absolute atomic E-state index is 12.9. The summed E-state index contributed by atoms with van der Waals surface area (Å²) in [5.41, 5.74) is 2.25. The zero-order valence-electron chi connectivity index (χ0n) is 15.6. The third kappa shape index (κ3) is 3.12. The molecule has 1 aliphatic rings. The molecule has 1 amide bonds. The summed E-state index contributed by atoms with van der Waals surface area (Å²) in [5.74, 6) is 0.502. The number of likely N-dealkylation sites (N-methyl/N-ethyl adjacent to an activating group) is 2. The van der Waals surface area contributed by atoms with Gasteiger partial charge in [0, 0.05) is 32.4 Å². The van der Waals surface area contributed by atoms with Gasteiger partial charge in [-0.3, -0.25) is 19.6 Å². The molecule has 0 bridgehead atoms. The summed E-state index contributed by atoms with van der Waals surface area (Å²) in [5, 5.41) is 2.81. The molecule has 1 unspecified atom stereocenters. The summed E-state index contributed by atoms with van der Waals surface area (Å²) in [6.07, 6.45) is 2.19. The zero-order chi connectivity index (χ0) is 19.1. The third-order valence-corrected chi connectivity index (χ3v) is 5.16. The fourth-order valence-electron chi connectivity index (χ4n) is 3.64. The van der Waals surface area contributed by atoms with Crippen LogP contribution < -0.4 is 5.56 Å². The number of hydrogen-bond donors (Lipinski definition) is 1. The molecule has 8 heteroatoms. The Morgan fingerprint density at radius 1 is 1.33 bits per heavy atom. The molecule has 0 saturated carbocycles. The normalized spacial score (nSPS) is 17.1. The molecule has 0 radical (unpaired) electrons. The number of fused-ring (bicyclic) bond motifs is 2. The van der Waals surface area contributed by atoms with Gasteiger partial charge in [-0.15, -0.1) is 0 Å². The highest BCUT2D eigenvalue weighted by atomic mass is 16.2. The van der Waals surface area contributed by atoms with Crippen LogP contribution in [0.15, 0.2) is 35.3 Å². The van der Waals surface area contributed by atoms with Gasteiger partial charge in [0.15, 0.2) is 0 Å². The molecular formula is C19H22N6O2. The van der Waals surface area contributed by atoms with Gasteiger partial charge in [0.25, 0.3) is 17.2 Å². The van der Waals surface area contributed by atoms with Crippen LogP contribution in [-0.4, -0.2) is 62.0 Å². The van der Waals surface area contributed by atoms with Crippen LogP contribution in [0.2, 0.25) is 0 Å². The number of nitrogens with zero attached hydrogens (tertiary/aromatic N) is 5. The average Bonchev–Trinajstić information content (AvgIpc) is 3.03. The van der Waals surface area contributed by atoms with Crippen LogP contribution in [-0.2, 0) is 13.0 Å². The first-order chi connectivity index (χ1) is 12.9. The van der Waals surface area contributed by atoms with Crippen LogP contribution in [0.3, 0.4) is 0 Å². The Morgan fingerprint density at radius 2 is 2.07 bits per heavy atom. The number of benzene rings is 1. The molecule has 4 rings (SSSR count). The van der Waals surface area contributed by atoms with Gasteiger partial charge in [-0.05, 0) is 31.5 Å². The first-order valence-corrected chi connectivity index (χ1v) is 8.91. The summed E-state index contributed by atoms with van der Waals surface area (Å²) in [7, 11) is 3.79. The van der Waals surface area contributed by atoms with Crippen LogP contribution in [0.1, 0.15) is 27.3 Å². The van der Waals surface area contributed by atoms with Gasteiger partial charge in [0.1, 0.15) is 11.4 Å². The Bertz CT molecular complexity index is 1070. The van der Waals surface area contributed by atoms with Crippen molar-refractivity contribution in [3.05, 3.63) is 63.3 Å². The molecule has 0 fully saturated rings. The Kier molecular flexibility index (Phi) is 4.27. The summed E-state index contributed by atoms with van der Waals surface area (Å²) < 4.78 is 1.21. The molecule has 8 nitrogen and oxygen atoms in total. The van der Waals surface area contributed by atoms with Gasteiger partial charge < -0.3 is 4.90 Å². The van der Waals surface area contributed by atoms with Gasteiger partial charge in [-0.25, -0.2) is 4.98 Å². The lowest BCUT2D eigenvalue weighted by molar-refractivity contribution is 0.0731. The molecule has 1 aromatic carbocycles. The van der Waals surface area contributed by atoms with Crippen molar-refractivity contribution in [1.82, 2.24) is 29.4 Å². The number of aryl methyl sites for hydroxylation is 1. The monoisotopic (exact) mass is 366 g/mol. The van der Waals surface area contributed by atoms with Crippen LogP contribution in [0, 0.1) is 6.92 Å². The maximum atomic E-state index is 12.9. The largest absolute Gasteiger partial charge is 0.340 e. The predicted octanol–water partition coefficient (Wildman–Crippen LogP) is 0.855. The fourth-order valence-corrected chi connectivity index (χ4v) is 3.64. The summed E-state index contributed by atoms with van der Waals surface area (Å²) in [4.78, 5) is 37.5. The highest BCUT2D eigenvalue weighted by Crippen LogP contribution is 2.22. The molecule has 3 heterocycles. The van der Waals surface area contributed by atoms with Crippen molar-refractivity contribution in [1.29, 1.82) is 0 Å². The molecule has 0 saturated heterocycles. The minimum atomic E-state index is -0.431. The molecule has 0 aliphatic carbocycles. The van der Waals surface area contributed by atoms with Gasteiger partial charge in [0.2, 0.25) is 0 Å². The number of aromatic nitrogens is 4. The molecule has 27 heavy (non-hydrogen) atoms. The SMILES string of the molecule is Cc1nc2ncc(C(=O)N(C)CC3Cc4ccccc4CN3C)c(=O)n2[nH]1. The number of rotatable bonds is 3. The lowest BCUT2D eigenvalue weighted by Gasteiger charge is -2.36. The van der Waals surface area contributed by atoms with Gasteiger partial charge in [-0.2, -0.15) is 9.50 Å². The van der Waals surface area contributed by atoms with Crippen molar-refractivity contribution in [3.8, 4) is 0 Å². The van der Waals surface area contributed by atoms with Crippen molar-refractivity contribution in [3.63, 3.8) is 0 Å². The number of H-pyrrole nitrogens is 1. The van der Waals surface area contributed by atoms with Crippen LogP contribution in [0.4, 0.5) is 0 Å². The van der Waals surface area contributed by atoms with Gasteiger partial charge in [-0.1, -0.05) is 24.3 Å². The fraction of sp³-hybridized carbons (Fsp3) is 0.368. The van der Waals surface area contributed by atoms with Crippen molar-refractivity contribution in [2.24, 2.45) is 0 Å². The first-order valence-electron chi connectivity index (χ1n) is 8.91. The van der Waals surface area contributed by atoms with E-state index in [4.69, 9.17) is 0 Å². The molecule has 1 N–H and O–H groups in total.